The topological polar surface area (TPSA) is 37.3 Å². The Kier molecular flexibility index (Phi) is 3.63. The van der Waals surface area contributed by atoms with Crippen molar-refractivity contribution in [2.75, 3.05) is 0 Å². The summed E-state index contributed by atoms with van der Waals surface area (Å²) in [6.07, 6.45) is -1.12. The Labute approximate surface area is 82.4 Å². The molecule has 0 fully saturated rings. The minimum atomic E-state index is -1.42. The molecule has 76 valence electrons. The highest BCUT2D eigenvalue weighted by Gasteiger charge is 2.27. The molecule has 2 nitrogen and oxygen atoms in total. The standard InChI is InChI=1S/C11H13FO2/c1-2-9(11(13)14)10(12)8-6-4-3-5-7-8/h3-7,9-10H,2H2,1H3,(H,13,14). The first-order valence-corrected chi connectivity index (χ1v) is 4.58. The van der Waals surface area contributed by atoms with Gasteiger partial charge >= 0.3 is 5.97 Å². The van der Waals surface area contributed by atoms with Crippen molar-refractivity contribution in [2.24, 2.45) is 5.92 Å². The molecule has 3 heteroatoms. The maximum absolute atomic E-state index is 13.7. The Morgan fingerprint density at radius 1 is 1.43 bits per heavy atom. The Bertz CT molecular complexity index is 297. The first-order valence-electron chi connectivity index (χ1n) is 4.58. The number of carboxylic acids is 1. The minimum absolute atomic E-state index is 0.297. The van der Waals surface area contributed by atoms with Crippen LogP contribution in [0.5, 0.6) is 0 Å². The number of alkyl halides is 1. The quantitative estimate of drug-likeness (QED) is 0.803. The lowest BCUT2D eigenvalue weighted by Gasteiger charge is -2.15. The molecule has 1 aromatic rings. The van der Waals surface area contributed by atoms with Crippen LogP contribution in [-0.2, 0) is 4.79 Å². The number of rotatable bonds is 4. The molecule has 1 rings (SSSR count). The van der Waals surface area contributed by atoms with E-state index in [4.69, 9.17) is 5.11 Å². The molecule has 0 saturated carbocycles. The van der Waals surface area contributed by atoms with E-state index in [1.807, 2.05) is 0 Å². The Hall–Kier alpha value is -1.38. The van der Waals surface area contributed by atoms with E-state index < -0.39 is 18.1 Å². The van der Waals surface area contributed by atoms with Gasteiger partial charge in [-0.15, -0.1) is 0 Å². The van der Waals surface area contributed by atoms with Crippen LogP contribution in [-0.4, -0.2) is 11.1 Å². The molecule has 0 aliphatic heterocycles. The highest BCUT2D eigenvalue weighted by molar-refractivity contribution is 5.71. The lowest BCUT2D eigenvalue weighted by molar-refractivity contribution is -0.144. The van der Waals surface area contributed by atoms with Crippen LogP contribution in [0.15, 0.2) is 30.3 Å². The van der Waals surface area contributed by atoms with Gasteiger partial charge in [0.05, 0.1) is 5.92 Å². The lowest BCUT2D eigenvalue weighted by Crippen LogP contribution is -2.18. The fourth-order valence-corrected chi connectivity index (χ4v) is 1.38. The van der Waals surface area contributed by atoms with Crippen LogP contribution >= 0.6 is 0 Å². The highest BCUT2D eigenvalue weighted by atomic mass is 19.1. The lowest BCUT2D eigenvalue weighted by atomic mass is 9.95. The third-order valence-corrected chi connectivity index (χ3v) is 2.23. The SMILES string of the molecule is CCC(C(=O)O)C(F)c1ccccc1. The Morgan fingerprint density at radius 2 is 2.00 bits per heavy atom. The van der Waals surface area contributed by atoms with E-state index >= 15 is 0 Å². The summed E-state index contributed by atoms with van der Waals surface area (Å²) in [7, 11) is 0. The molecule has 1 N–H and O–H groups in total. The van der Waals surface area contributed by atoms with Crippen molar-refractivity contribution < 1.29 is 14.3 Å². The fraction of sp³-hybridized carbons (Fsp3) is 0.364. The van der Waals surface area contributed by atoms with Crippen molar-refractivity contribution in [1.29, 1.82) is 0 Å². The van der Waals surface area contributed by atoms with Crippen LogP contribution in [0.1, 0.15) is 25.1 Å². The van der Waals surface area contributed by atoms with Gasteiger partial charge in [-0.25, -0.2) is 4.39 Å². The van der Waals surface area contributed by atoms with Gasteiger partial charge in [0.1, 0.15) is 6.17 Å². The van der Waals surface area contributed by atoms with Crippen molar-refractivity contribution in [3.8, 4) is 0 Å². The van der Waals surface area contributed by atoms with Crippen LogP contribution in [0.4, 0.5) is 4.39 Å². The average Bonchev–Trinajstić information content (AvgIpc) is 2.19. The summed E-state index contributed by atoms with van der Waals surface area (Å²) in [5, 5.41) is 8.76. The molecule has 1 aromatic carbocycles. The van der Waals surface area contributed by atoms with Gasteiger partial charge in [-0.1, -0.05) is 37.3 Å². The number of aliphatic carboxylic acids is 1. The van der Waals surface area contributed by atoms with E-state index in [0.29, 0.717) is 12.0 Å². The van der Waals surface area contributed by atoms with Crippen molar-refractivity contribution in [3.63, 3.8) is 0 Å². The van der Waals surface area contributed by atoms with Crippen LogP contribution in [0.3, 0.4) is 0 Å². The second kappa shape index (κ2) is 4.74. The van der Waals surface area contributed by atoms with Crippen molar-refractivity contribution in [3.05, 3.63) is 35.9 Å². The van der Waals surface area contributed by atoms with Crippen molar-refractivity contribution in [1.82, 2.24) is 0 Å². The predicted molar refractivity (Wildman–Crippen MR) is 51.7 cm³/mol. The van der Waals surface area contributed by atoms with E-state index in [1.54, 1.807) is 37.3 Å². The summed E-state index contributed by atoms with van der Waals surface area (Å²) >= 11 is 0. The zero-order valence-electron chi connectivity index (χ0n) is 7.98. The molecule has 0 saturated heterocycles. The molecule has 0 aliphatic carbocycles. The summed E-state index contributed by atoms with van der Waals surface area (Å²) in [4.78, 5) is 10.7. The molecule has 0 aliphatic rings. The van der Waals surface area contributed by atoms with E-state index in [-0.39, 0.29) is 0 Å². The molecule has 0 amide bonds. The minimum Gasteiger partial charge on any atom is -0.481 e. The maximum atomic E-state index is 13.7. The molecule has 2 unspecified atom stereocenters. The summed E-state index contributed by atoms with van der Waals surface area (Å²) in [5.74, 6) is -2.03. The average molecular weight is 196 g/mol. The summed E-state index contributed by atoms with van der Waals surface area (Å²) < 4.78 is 13.7. The Morgan fingerprint density at radius 3 is 2.43 bits per heavy atom. The molecular formula is C11H13FO2. The third-order valence-electron chi connectivity index (χ3n) is 2.23. The molecule has 0 aromatic heterocycles. The summed E-state index contributed by atoms with van der Waals surface area (Å²) in [6, 6.07) is 8.40. The highest BCUT2D eigenvalue weighted by Crippen LogP contribution is 2.28. The Balaban J connectivity index is 2.83. The summed E-state index contributed by atoms with van der Waals surface area (Å²) in [5.41, 5.74) is 0.432. The van der Waals surface area contributed by atoms with Gasteiger partial charge in [0.2, 0.25) is 0 Å². The molecule has 0 radical (unpaired) electrons. The molecule has 0 heterocycles. The van der Waals surface area contributed by atoms with Gasteiger partial charge in [-0.2, -0.15) is 0 Å². The predicted octanol–water partition coefficient (Wildman–Crippen LogP) is 2.81. The van der Waals surface area contributed by atoms with Gasteiger partial charge in [0, 0.05) is 0 Å². The number of carbonyl (C=O) groups is 1. The monoisotopic (exact) mass is 196 g/mol. The molecule has 2 atom stereocenters. The van der Waals surface area contributed by atoms with Gasteiger partial charge in [-0.3, -0.25) is 4.79 Å². The number of carboxylic acid groups (broad SMARTS) is 1. The van der Waals surface area contributed by atoms with Crippen molar-refractivity contribution >= 4 is 5.97 Å². The number of halogens is 1. The van der Waals surface area contributed by atoms with Gasteiger partial charge in [0.15, 0.2) is 0 Å². The zero-order chi connectivity index (χ0) is 10.6. The van der Waals surface area contributed by atoms with E-state index in [9.17, 15) is 9.18 Å². The number of hydrogen-bond acceptors (Lipinski definition) is 1. The first kappa shape index (κ1) is 10.7. The largest absolute Gasteiger partial charge is 0.481 e. The summed E-state index contributed by atoms with van der Waals surface area (Å²) in [6.45, 7) is 1.67. The molecule has 0 spiro atoms. The van der Waals surface area contributed by atoms with E-state index in [2.05, 4.69) is 0 Å². The van der Waals surface area contributed by atoms with Crippen LogP contribution in [0.25, 0.3) is 0 Å². The molecule has 0 bridgehead atoms. The molecule has 14 heavy (non-hydrogen) atoms. The zero-order valence-corrected chi connectivity index (χ0v) is 7.98. The van der Waals surface area contributed by atoms with Crippen molar-refractivity contribution in [2.45, 2.75) is 19.5 Å². The smallest absolute Gasteiger partial charge is 0.309 e. The van der Waals surface area contributed by atoms with E-state index in [0.717, 1.165) is 0 Å². The van der Waals surface area contributed by atoms with Crippen LogP contribution in [0.2, 0.25) is 0 Å². The second-order valence-corrected chi connectivity index (χ2v) is 3.17. The maximum Gasteiger partial charge on any atom is 0.309 e. The third kappa shape index (κ3) is 2.31. The molecular weight excluding hydrogens is 183 g/mol. The van der Waals surface area contributed by atoms with Crippen LogP contribution < -0.4 is 0 Å². The second-order valence-electron chi connectivity index (χ2n) is 3.17. The fourth-order valence-electron chi connectivity index (χ4n) is 1.38. The normalized spacial score (nSPS) is 14.7. The van der Waals surface area contributed by atoms with E-state index in [1.165, 1.54) is 0 Å². The number of benzene rings is 1. The van der Waals surface area contributed by atoms with Gasteiger partial charge in [-0.05, 0) is 12.0 Å². The van der Waals surface area contributed by atoms with Gasteiger partial charge in [0.25, 0.3) is 0 Å². The van der Waals surface area contributed by atoms with Gasteiger partial charge < -0.3 is 5.11 Å². The first-order chi connectivity index (χ1) is 6.66. The number of hydrogen-bond donors (Lipinski definition) is 1. The van der Waals surface area contributed by atoms with Crippen LogP contribution in [0, 0.1) is 5.92 Å².